The maximum absolute atomic E-state index is 5.17. The van der Waals surface area contributed by atoms with E-state index in [0.29, 0.717) is 0 Å². The number of hydrogen-bond acceptors (Lipinski definition) is 2. The van der Waals surface area contributed by atoms with Crippen LogP contribution in [0.5, 0.6) is 0 Å². The molecule has 1 rings (SSSR count). The van der Waals surface area contributed by atoms with E-state index in [0.717, 1.165) is 19.6 Å². The van der Waals surface area contributed by atoms with Gasteiger partial charge in [0, 0.05) is 20.1 Å². The van der Waals surface area contributed by atoms with E-state index in [-0.39, 0.29) is 5.60 Å². The molecule has 1 heterocycles. The normalized spacial score (nSPS) is 38.2. The quantitative estimate of drug-likeness (QED) is 0.504. The summed E-state index contributed by atoms with van der Waals surface area (Å²) in [6, 6.07) is 0. The van der Waals surface area contributed by atoms with Gasteiger partial charge in [-0.15, -0.1) is 0 Å². The van der Waals surface area contributed by atoms with E-state index in [1.165, 1.54) is 0 Å². The second-order valence-corrected chi connectivity index (χ2v) is 2.46. The Morgan fingerprint density at radius 3 is 2.62 bits per heavy atom. The number of methoxy groups -OCH3 is 1. The molecule has 48 valence electrons. The SMILES string of the molecule is CO[C@@]1(C)CCOC1. The molecule has 0 N–H and O–H groups in total. The van der Waals surface area contributed by atoms with Crippen molar-refractivity contribution < 1.29 is 9.47 Å². The van der Waals surface area contributed by atoms with Gasteiger partial charge in [0.15, 0.2) is 0 Å². The van der Waals surface area contributed by atoms with Crippen molar-refractivity contribution in [1.29, 1.82) is 0 Å². The van der Waals surface area contributed by atoms with Gasteiger partial charge in [-0.2, -0.15) is 0 Å². The molecular formula is C6H12O2. The lowest BCUT2D eigenvalue weighted by Gasteiger charge is -2.18. The minimum absolute atomic E-state index is 0.0139. The van der Waals surface area contributed by atoms with Crippen LogP contribution in [0.15, 0.2) is 0 Å². The lowest BCUT2D eigenvalue weighted by Crippen LogP contribution is -2.26. The van der Waals surface area contributed by atoms with Crippen LogP contribution in [0.2, 0.25) is 0 Å². The molecule has 0 amide bonds. The van der Waals surface area contributed by atoms with Crippen molar-refractivity contribution in [2.75, 3.05) is 20.3 Å². The second-order valence-electron chi connectivity index (χ2n) is 2.46. The number of ether oxygens (including phenoxy) is 2. The summed E-state index contributed by atoms with van der Waals surface area (Å²) in [6.07, 6.45) is 1.03. The Morgan fingerprint density at radius 2 is 2.38 bits per heavy atom. The van der Waals surface area contributed by atoms with Gasteiger partial charge in [0.05, 0.1) is 12.2 Å². The molecule has 2 heteroatoms. The minimum Gasteiger partial charge on any atom is -0.378 e. The van der Waals surface area contributed by atoms with Crippen LogP contribution in [0.3, 0.4) is 0 Å². The first-order valence-corrected chi connectivity index (χ1v) is 2.90. The predicted octanol–water partition coefficient (Wildman–Crippen LogP) is 0.812. The van der Waals surface area contributed by atoms with Crippen molar-refractivity contribution in [2.24, 2.45) is 0 Å². The molecule has 0 radical (unpaired) electrons. The van der Waals surface area contributed by atoms with Gasteiger partial charge in [0.2, 0.25) is 0 Å². The third-order valence-electron chi connectivity index (χ3n) is 1.68. The molecule has 1 atom stereocenters. The van der Waals surface area contributed by atoms with Gasteiger partial charge >= 0.3 is 0 Å². The first kappa shape index (κ1) is 6.05. The average molecular weight is 116 g/mol. The van der Waals surface area contributed by atoms with Crippen molar-refractivity contribution in [3.63, 3.8) is 0 Å². The Labute approximate surface area is 49.8 Å². The summed E-state index contributed by atoms with van der Waals surface area (Å²) in [5.74, 6) is 0. The maximum atomic E-state index is 5.17. The molecular weight excluding hydrogens is 104 g/mol. The first-order valence-electron chi connectivity index (χ1n) is 2.90. The van der Waals surface area contributed by atoms with E-state index in [1.807, 2.05) is 0 Å². The van der Waals surface area contributed by atoms with Crippen molar-refractivity contribution in [1.82, 2.24) is 0 Å². The number of rotatable bonds is 1. The Morgan fingerprint density at radius 1 is 1.62 bits per heavy atom. The lowest BCUT2D eigenvalue weighted by atomic mass is 10.1. The molecule has 0 aromatic heterocycles. The Balaban J connectivity index is 2.40. The van der Waals surface area contributed by atoms with Gasteiger partial charge in [-0.1, -0.05) is 0 Å². The van der Waals surface area contributed by atoms with Crippen LogP contribution < -0.4 is 0 Å². The standard InChI is InChI=1S/C6H12O2/c1-6(7-2)3-4-8-5-6/h3-5H2,1-2H3/t6-/m0/s1. The largest absolute Gasteiger partial charge is 0.378 e. The third-order valence-corrected chi connectivity index (χ3v) is 1.68. The highest BCUT2D eigenvalue weighted by molar-refractivity contribution is 4.78. The summed E-state index contributed by atoms with van der Waals surface area (Å²) < 4.78 is 10.3. The molecule has 0 saturated carbocycles. The molecule has 2 nitrogen and oxygen atoms in total. The van der Waals surface area contributed by atoms with Crippen LogP contribution in [0.25, 0.3) is 0 Å². The van der Waals surface area contributed by atoms with E-state index in [4.69, 9.17) is 9.47 Å². The predicted molar refractivity (Wildman–Crippen MR) is 30.8 cm³/mol. The van der Waals surface area contributed by atoms with Crippen molar-refractivity contribution in [2.45, 2.75) is 18.9 Å². The zero-order chi connectivity index (χ0) is 6.04. The molecule has 0 aliphatic carbocycles. The van der Waals surface area contributed by atoms with Crippen LogP contribution in [0.1, 0.15) is 13.3 Å². The van der Waals surface area contributed by atoms with Crippen molar-refractivity contribution in [3.05, 3.63) is 0 Å². The average Bonchev–Trinajstić information content (AvgIpc) is 2.17. The van der Waals surface area contributed by atoms with Crippen LogP contribution in [-0.2, 0) is 9.47 Å². The van der Waals surface area contributed by atoms with E-state index in [2.05, 4.69) is 6.92 Å². The molecule has 0 aromatic rings. The van der Waals surface area contributed by atoms with Gasteiger partial charge < -0.3 is 9.47 Å². The fourth-order valence-electron chi connectivity index (χ4n) is 0.809. The van der Waals surface area contributed by atoms with E-state index < -0.39 is 0 Å². The third kappa shape index (κ3) is 1.01. The van der Waals surface area contributed by atoms with Crippen molar-refractivity contribution >= 4 is 0 Å². The highest BCUT2D eigenvalue weighted by atomic mass is 16.5. The van der Waals surface area contributed by atoms with E-state index in [9.17, 15) is 0 Å². The zero-order valence-corrected chi connectivity index (χ0v) is 5.44. The summed E-state index contributed by atoms with van der Waals surface area (Å²) in [6.45, 7) is 3.67. The smallest absolute Gasteiger partial charge is 0.0905 e. The highest BCUT2D eigenvalue weighted by Crippen LogP contribution is 2.20. The molecule has 0 bridgehead atoms. The Bertz CT molecular complexity index is 74.6. The monoisotopic (exact) mass is 116 g/mol. The molecule has 1 aliphatic rings. The van der Waals surface area contributed by atoms with Crippen LogP contribution in [0, 0.1) is 0 Å². The summed E-state index contributed by atoms with van der Waals surface area (Å²) in [5, 5.41) is 0. The molecule has 0 unspecified atom stereocenters. The van der Waals surface area contributed by atoms with Gasteiger partial charge in [-0.3, -0.25) is 0 Å². The first-order chi connectivity index (χ1) is 3.77. The van der Waals surface area contributed by atoms with Crippen molar-refractivity contribution in [3.8, 4) is 0 Å². The minimum atomic E-state index is 0.0139. The van der Waals surface area contributed by atoms with Crippen LogP contribution >= 0.6 is 0 Å². The topological polar surface area (TPSA) is 18.5 Å². The summed E-state index contributed by atoms with van der Waals surface area (Å²) in [5.41, 5.74) is 0.0139. The highest BCUT2D eigenvalue weighted by Gasteiger charge is 2.28. The Hall–Kier alpha value is -0.0800. The maximum Gasteiger partial charge on any atom is 0.0905 e. The molecule has 1 aliphatic heterocycles. The molecule has 1 fully saturated rings. The fraction of sp³-hybridized carbons (Fsp3) is 1.00. The lowest BCUT2D eigenvalue weighted by molar-refractivity contribution is -0.00160. The second kappa shape index (κ2) is 2.03. The Kier molecular flexibility index (Phi) is 1.54. The zero-order valence-electron chi connectivity index (χ0n) is 5.44. The molecule has 0 aromatic carbocycles. The molecule has 1 saturated heterocycles. The van der Waals surface area contributed by atoms with E-state index >= 15 is 0 Å². The van der Waals surface area contributed by atoms with Gasteiger partial charge in [0.1, 0.15) is 0 Å². The molecule has 8 heavy (non-hydrogen) atoms. The molecule has 0 spiro atoms. The van der Waals surface area contributed by atoms with Gasteiger partial charge in [0.25, 0.3) is 0 Å². The fourth-order valence-corrected chi connectivity index (χ4v) is 0.809. The van der Waals surface area contributed by atoms with E-state index in [1.54, 1.807) is 7.11 Å². The number of hydrogen-bond donors (Lipinski definition) is 0. The van der Waals surface area contributed by atoms with Gasteiger partial charge in [-0.25, -0.2) is 0 Å². The van der Waals surface area contributed by atoms with Crippen LogP contribution in [-0.4, -0.2) is 25.9 Å². The van der Waals surface area contributed by atoms with Gasteiger partial charge in [-0.05, 0) is 6.92 Å². The van der Waals surface area contributed by atoms with Crippen LogP contribution in [0.4, 0.5) is 0 Å². The summed E-state index contributed by atoms with van der Waals surface area (Å²) in [7, 11) is 1.73. The summed E-state index contributed by atoms with van der Waals surface area (Å²) in [4.78, 5) is 0. The summed E-state index contributed by atoms with van der Waals surface area (Å²) >= 11 is 0.